The Morgan fingerprint density at radius 1 is 1.07 bits per heavy atom. The molecule has 3 rings (SSSR count). The van der Waals surface area contributed by atoms with E-state index in [1.807, 2.05) is 30.3 Å². The molecule has 28 heavy (non-hydrogen) atoms. The molecule has 144 valence electrons. The van der Waals surface area contributed by atoms with Gasteiger partial charge in [0, 0.05) is 18.8 Å². The lowest BCUT2D eigenvalue weighted by molar-refractivity contribution is -0.383. The van der Waals surface area contributed by atoms with Crippen molar-refractivity contribution in [2.75, 3.05) is 31.5 Å². The summed E-state index contributed by atoms with van der Waals surface area (Å²) in [5.41, 5.74) is 1.03. The zero-order valence-electron chi connectivity index (χ0n) is 15.6. The van der Waals surface area contributed by atoms with Gasteiger partial charge in [0.2, 0.25) is 11.6 Å². The number of para-hydroxylation sites is 1. The lowest BCUT2D eigenvalue weighted by Crippen LogP contribution is -2.15. The summed E-state index contributed by atoms with van der Waals surface area (Å²) in [6.45, 7) is 0. The third-order valence-corrected chi connectivity index (χ3v) is 4.11. The van der Waals surface area contributed by atoms with E-state index in [9.17, 15) is 10.1 Å². The molecule has 0 radical (unpaired) electrons. The standard InChI is InChI=1S/C19H19N5O4/c1-23(13-7-5-4-6-8-13)19-17(24(25)26)18(20-12-21-19)22-15-10-9-14(27-2)11-16(15)28-3/h4-12H,1-3H3,(H,20,21,22). The summed E-state index contributed by atoms with van der Waals surface area (Å²) < 4.78 is 10.5. The summed E-state index contributed by atoms with van der Waals surface area (Å²) in [6, 6.07) is 14.3. The third-order valence-electron chi connectivity index (χ3n) is 4.11. The molecule has 3 aromatic rings. The molecule has 0 unspecified atom stereocenters. The molecule has 1 aromatic heterocycles. The van der Waals surface area contributed by atoms with Crippen molar-refractivity contribution in [2.45, 2.75) is 0 Å². The largest absolute Gasteiger partial charge is 0.497 e. The van der Waals surface area contributed by atoms with Gasteiger partial charge >= 0.3 is 5.69 Å². The summed E-state index contributed by atoms with van der Waals surface area (Å²) in [7, 11) is 4.76. The van der Waals surface area contributed by atoms with Crippen LogP contribution in [0.3, 0.4) is 0 Å². The Morgan fingerprint density at radius 3 is 2.46 bits per heavy atom. The first-order valence-electron chi connectivity index (χ1n) is 8.32. The van der Waals surface area contributed by atoms with Crippen LogP contribution in [0.2, 0.25) is 0 Å². The van der Waals surface area contributed by atoms with E-state index in [1.165, 1.54) is 13.4 Å². The Hall–Kier alpha value is -3.88. The number of benzene rings is 2. The van der Waals surface area contributed by atoms with Crippen LogP contribution in [-0.4, -0.2) is 36.2 Å². The highest BCUT2D eigenvalue weighted by molar-refractivity contribution is 5.79. The summed E-state index contributed by atoms with van der Waals surface area (Å²) >= 11 is 0. The van der Waals surface area contributed by atoms with Crippen LogP contribution in [-0.2, 0) is 0 Å². The zero-order valence-corrected chi connectivity index (χ0v) is 15.6. The monoisotopic (exact) mass is 381 g/mol. The fraction of sp³-hybridized carbons (Fsp3) is 0.158. The van der Waals surface area contributed by atoms with E-state index in [4.69, 9.17) is 9.47 Å². The minimum atomic E-state index is -0.507. The quantitative estimate of drug-likeness (QED) is 0.485. The summed E-state index contributed by atoms with van der Waals surface area (Å²) in [4.78, 5) is 21.2. The predicted octanol–water partition coefficient (Wildman–Crippen LogP) is 3.91. The normalized spacial score (nSPS) is 10.2. The van der Waals surface area contributed by atoms with Gasteiger partial charge in [-0.3, -0.25) is 10.1 Å². The number of ether oxygens (including phenoxy) is 2. The van der Waals surface area contributed by atoms with Gasteiger partial charge in [-0.1, -0.05) is 18.2 Å². The number of nitrogens with one attached hydrogen (secondary N) is 1. The number of anilines is 4. The minimum Gasteiger partial charge on any atom is -0.497 e. The maximum atomic E-state index is 11.8. The van der Waals surface area contributed by atoms with Crippen molar-refractivity contribution in [1.82, 2.24) is 9.97 Å². The van der Waals surface area contributed by atoms with E-state index < -0.39 is 4.92 Å². The molecule has 0 saturated heterocycles. The van der Waals surface area contributed by atoms with Crippen LogP contribution in [0.4, 0.5) is 28.7 Å². The first kappa shape index (κ1) is 18.9. The lowest BCUT2D eigenvalue weighted by atomic mass is 10.2. The number of hydrogen-bond donors (Lipinski definition) is 1. The molecule has 0 amide bonds. The molecule has 0 atom stereocenters. The van der Waals surface area contributed by atoms with Gasteiger partial charge in [-0.2, -0.15) is 0 Å². The first-order chi connectivity index (χ1) is 13.5. The molecule has 0 aliphatic heterocycles. The van der Waals surface area contributed by atoms with E-state index in [2.05, 4.69) is 15.3 Å². The van der Waals surface area contributed by atoms with Crippen LogP contribution >= 0.6 is 0 Å². The third kappa shape index (κ3) is 3.78. The van der Waals surface area contributed by atoms with Gasteiger partial charge in [0.25, 0.3) is 0 Å². The van der Waals surface area contributed by atoms with Crippen molar-refractivity contribution < 1.29 is 14.4 Å². The van der Waals surface area contributed by atoms with Gasteiger partial charge < -0.3 is 19.7 Å². The molecule has 1 heterocycles. The van der Waals surface area contributed by atoms with E-state index in [-0.39, 0.29) is 17.3 Å². The predicted molar refractivity (Wildman–Crippen MR) is 106 cm³/mol. The van der Waals surface area contributed by atoms with Crippen molar-refractivity contribution in [2.24, 2.45) is 0 Å². The molecule has 0 bridgehead atoms. The fourth-order valence-corrected chi connectivity index (χ4v) is 2.68. The van der Waals surface area contributed by atoms with Crippen molar-refractivity contribution >= 4 is 28.7 Å². The van der Waals surface area contributed by atoms with E-state index in [0.29, 0.717) is 17.2 Å². The number of nitrogens with zero attached hydrogens (tertiary/aromatic N) is 4. The smallest absolute Gasteiger partial charge is 0.354 e. The summed E-state index contributed by atoms with van der Waals surface area (Å²) in [6.07, 6.45) is 1.28. The maximum Gasteiger partial charge on any atom is 0.354 e. The Balaban J connectivity index is 2.04. The molecule has 0 aliphatic rings. The van der Waals surface area contributed by atoms with E-state index >= 15 is 0 Å². The molecule has 0 fully saturated rings. The van der Waals surface area contributed by atoms with Gasteiger partial charge in [0.1, 0.15) is 17.8 Å². The summed E-state index contributed by atoms with van der Waals surface area (Å²) in [5, 5.41) is 14.8. The number of aromatic nitrogens is 2. The molecular weight excluding hydrogens is 362 g/mol. The van der Waals surface area contributed by atoms with Gasteiger partial charge in [-0.25, -0.2) is 9.97 Å². The number of hydrogen-bond acceptors (Lipinski definition) is 8. The second kappa shape index (κ2) is 8.21. The Kier molecular flexibility index (Phi) is 5.54. The fourth-order valence-electron chi connectivity index (χ4n) is 2.68. The molecule has 1 N–H and O–H groups in total. The van der Waals surface area contributed by atoms with Crippen LogP contribution < -0.4 is 19.7 Å². The highest BCUT2D eigenvalue weighted by Crippen LogP contribution is 2.38. The minimum absolute atomic E-state index is 0.0567. The van der Waals surface area contributed by atoms with Crippen molar-refractivity contribution in [3.05, 3.63) is 65.0 Å². The Bertz CT molecular complexity index is 981. The van der Waals surface area contributed by atoms with Gasteiger partial charge in [0.15, 0.2) is 0 Å². The topological polar surface area (TPSA) is 103 Å². The molecule has 9 heteroatoms. The molecule has 2 aromatic carbocycles. The Labute approximate surface area is 161 Å². The highest BCUT2D eigenvalue weighted by atomic mass is 16.6. The van der Waals surface area contributed by atoms with Gasteiger partial charge in [-0.05, 0) is 24.3 Å². The van der Waals surface area contributed by atoms with Gasteiger partial charge in [-0.15, -0.1) is 0 Å². The molecular formula is C19H19N5O4. The van der Waals surface area contributed by atoms with E-state index in [0.717, 1.165) is 5.69 Å². The lowest BCUT2D eigenvalue weighted by Gasteiger charge is -2.19. The van der Waals surface area contributed by atoms with Crippen molar-refractivity contribution in [3.8, 4) is 11.5 Å². The average Bonchev–Trinajstić information content (AvgIpc) is 2.73. The van der Waals surface area contributed by atoms with Crippen molar-refractivity contribution in [1.29, 1.82) is 0 Å². The van der Waals surface area contributed by atoms with Crippen LogP contribution in [0, 0.1) is 10.1 Å². The zero-order chi connectivity index (χ0) is 20.1. The van der Waals surface area contributed by atoms with E-state index in [1.54, 1.807) is 37.3 Å². The van der Waals surface area contributed by atoms with Crippen LogP contribution in [0.25, 0.3) is 0 Å². The molecule has 0 aliphatic carbocycles. The molecule has 9 nitrogen and oxygen atoms in total. The van der Waals surface area contributed by atoms with Crippen molar-refractivity contribution in [3.63, 3.8) is 0 Å². The van der Waals surface area contributed by atoms with Gasteiger partial charge in [0.05, 0.1) is 24.8 Å². The summed E-state index contributed by atoms with van der Waals surface area (Å²) in [5.74, 6) is 1.29. The van der Waals surface area contributed by atoms with Crippen LogP contribution in [0.5, 0.6) is 11.5 Å². The maximum absolute atomic E-state index is 11.8. The number of nitro groups is 1. The van der Waals surface area contributed by atoms with Crippen LogP contribution in [0.1, 0.15) is 0 Å². The second-order valence-electron chi connectivity index (χ2n) is 5.74. The first-order valence-corrected chi connectivity index (χ1v) is 8.32. The number of methoxy groups -OCH3 is 2. The molecule has 0 spiro atoms. The average molecular weight is 381 g/mol. The molecule has 0 saturated carbocycles. The second-order valence-corrected chi connectivity index (χ2v) is 5.74. The Morgan fingerprint density at radius 2 is 1.82 bits per heavy atom. The SMILES string of the molecule is COc1ccc(Nc2ncnc(N(C)c3ccccc3)c2[N+](=O)[O-])c(OC)c1. The number of rotatable bonds is 7. The van der Waals surface area contributed by atoms with Crippen LogP contribution in [0.15, 0.2) is 54.9 Å². The highest BCUT2D eigenvalue weighted by Gasteiger charge is 2.27.